The maximum Gasteiger partial charge on any atom is 0.0647 e. The number of benzene rings is 1. The number of alkyl halides is 1. The van der Waals surface area contributed by atoms with E-state index in [1.54, 1.807) is 6.07 Å². The molecule has 5 heteroatoms. The Morgan fingerprint density at radius 2 is 2.00 bits per heavy atom. The number of aliphatic imine (C=N–C) groups is 1. The molecule has 92 valence electrons. The van der Waals surface area contributed by atoms with Crippen molar-refractivity contribution in [3.05, 3.63) is 45.1 Å². The quantitative estimate of drug-likeness (QED) is 0.672. The van der Waals surface area contributed by atoms with Crippen molar-refractivity contribution < 1.29 is 0 Å². The second kappa shape index (κ2) is 6.10. The minimum Gasteiger partial charge on any atom is -0.256 e. The average Bonchev–Trinajstić information content (AvgIpc) is 2.59. The number of hydrogen-bond acceptors (Lipinski definition) is 1. The van der Waals surface area contributed by atoms with Gasteiger partial charge in [0.05, 0.1) is 22.3 Å². The van der Waals surface area contributed by atoms with Crippen molar-refractivity contribution in [1.29, 1.82) is 0 Å². The molecule has 0 saturated heterocycles. The largest absolute Gasteiger partial charge is 0.256 e. The smallest absolute Gasteiger partial charge is 0.0647 e. The highest BCUT2D eigenvalue weighted by atomic mass is 35.5. The van der Waals surface area contributed by atoms with Gasteiger partial charge < -0.3 is 0 Å². The van der Waals surface area contributed by atoms with Gasteiger partial charge in [0.25, 0.3) is 0 Å². The van der Waals surface area contributed by atoms with E-state index >= 15 is 0 Å². The molecule has 1 aromatic carbocycles. The first kappa shape index (κ1) is 14.8. The van der Waals surface area contributed by atoms with E-state index in [9.17, 15) is 0 Å². The van der Waals surface area contributed by atoms with Gasteiger partial charge in [-0.2, -0.15) is 0 Å². The Morgan fingerprint density at radius 3 is 2.53 bits per heavy atom. The van der Waals surface area contributed by atoms with Crippen LogP contribution >= 0.6 is 47.2 Å². The molecular formula is C12H11Cl4N. The summed E-state index contributed by atoms with van der Waals surface area (Å²) < 4.78 is 0. The molecular weight excluding hydrogens is 300 g/mol. The molecule has 0 amide bonds. The average molecular weight is 311 g/mol. The lowest BCUT2D eigenvalue weighted by Gasteiger charge is -2.04. The number of allylic oxidation sites excluding steroid dienone is 2. The highest BCUT2D eigenvalue weighted by Crippen LogP contribution is 2.29. The second-order valence-corrected chi connectivity index (χ2v) is 4.83. The van der Waals surface area contributed by atoms with Gasteiger partial charge in [-0.3, -0.25) is 4.99 Å². The molecule has 0 atom stereocenters. The summed E-state index contributed by atoms with van der Waals surface area (Å²) in [7, 11) is 0. The van der Waals surface area contributed by atoms with E-state index in [-0.39, 0.29) is 12.4 Å². The summed E-state index contributed by atoms with van der Waals surface area (Å²) in [5.74, 6) is 0.445. The molecule has 0 bridgehead atoms. The normalized spacial score (nSPS) is 14.7. The zero-order valence-electron chi connectivity index (χ0n) is 9.14. The fraction of sp³-hybridized carbons (Fsp3) is 0.250. The van der Waals surface area contributed by atoms with E-state index in [1.165, 1.54) is 5.57 Å². The number of halogens is 4. The molecule has 1 heterocycles. The third kappa shape index (κ3) is 3.17. The molecule has 1 aromatic rings. The van der Waals surface area contributed by atoms with Crippen molar-refractivity contribution in [2.75, 3.05) is 5.88 Å². The van der Waals surface area contributed by atoms with Crippen LogP contribution in [0.3, 0.4) is 0 Å². The third-order valence-corrected chi connectivity index (χ3v) is 3.36. The van der Waals surface area contributed by atoms with Crippen LogP contribution in [0.25, 0.3) is 0 Å². The van der Waals surface area contributed by atoms with Gasteiger partial charge in [-0.15, -0.1) is 24.0 Å². The molecule has 2 rings (SSSR count). The standard InChI is InChI=1S/C12H10Cl3N.ClH/c1-7-4-11(16-12(7)6-13)9-3-2-8(14)5-10(9)15;/h2-3,5H,4,6H2,1H3;1H. The molecule has 1 nitrogen and oxygen atoms in total. The predicted octanol–water partition coefficient (Wildman–Crippen LogP) is 5.12. The van der Waals surface area contributed by atoms with Crippen molar-refractivity contribution in [1.82, 2.24) is 0 Å². The fourth-order valence-electron chi connectivity index (χ4n) is 1.67. The van der Waals surface area contributed by atoms with Gasteiger partial charge in [-0.1, -0.05) is 29.3 Å². The molecule has 0 aromatic heterocycles. The maximum atomic E-state index is 6.13. The highest BCUT2D eigenvalue weighted by Gasteiger charge is 2.17. The Kier molecular flexibility index (Phi) is 5.33. The van der Waals surface area contributed by atoms with Crippen LogP contribution in [-0.4, -0.2) is 11.6 Å². The van der Waals surface area contributed by atoms with Gasteiger partial charge in [-0.25, -0.2) is 0 Å². The zero-order valence-corrected chi connectivity index (χ0v) is 12.2. The van der Waals surface area contributed by atoms with Crippen molar-refractivity contribution in [2.45, 2.75) is 13.3 Å². The Balaban J connectivity index is 0.00000144. The van der Waals surface area contributed by atoms with Crippen LogP contribution in [0.2, 0.25) is 10.0 Å². The van der Waals surface area contributed by atoms with Gasteiger partial charge in [0.15, 0.2) is 0 Å². The maximum absolute atomic E-state index is 6.13. The second-order valence-electron chi connectivity index (χ2n) is 3.72. The Morgan fingerprint density at radius 1 is 1.29 bits per heavy atom. The number of hydrogen-bond donors (Lipinski definition) is 0. The molecule has 17 heavy (non-hydrogen) atoms. The third-order valence-electron chi connectivity index (χ3n) is 2.56. The van der Waals surface area contributed by atoms with Gasteiger partial charge in [0.1, 0.15) is 0 Å². The van der Waals surface area contributed by atoms with Gasteiger partial charge in [0.2, 0.25) is 0 Å². The van der Waals surface area contributed by atoms with Crippen molar-refractivity contribution in [2.24, 2.45) is 4.99 Å². The van der Waals surface area contributed by atoms with E-state index < -0.39 is 0 Å². The van der Waals surface area contributed by atoms with Crippen LogP contribution in [-0.2, 0) is 0 Å². The molecule has 1 aliphatic heterocycles. The first-order valence-corrected chi connectivity index (χ1v) is 6.18. The zero-order chi connectivity index (χ0) is 11.7. The lowest BCUT2D eigenvalue weighted by Crippen LogP contribution is -1.98. The summed E-state index contributed by atoms with van der Waals surface area (Å²) in [4.78, 5) is 4.49. The fourth-order valence-corrected chi connectivity index (χ4v) is 2.48. The van der Waals surface area contributed by atoms with E-state index in [4.69, 9.17) is 34.8 Å². The molecule has 0 aliphatic carbocycles. The first-order valence-electron chi connectivity index (χ1n) is 4.89. The SMILES string of the molecule is CC1=C(CCl)N=C(c2ccc(Cl)cc2Cl)C1.Cl. The molecule has 0 radical (unpaired) electrons. The Labute approximate surface area is 122 Å². The first-order chi connectivity index (χ1) is 7.61. The van der Waals surface area contributed by atoms with Crippen LogP contribution in [0, 0.1) is 0 Å². The van der Waals surface area contributed by atoms with Crippen LogP contribution < -0.4 is 0 Å². The topological polar surface area (TPSA) is 12.4 Å². The number of rotatable bonds is 2. The lowest BCUT2D eigenvalue weighted by molar-refractivity contribution is 1.22. The Bertz CT molecular complexity index is 491. The monoisotopic (exact) mass is 309 g/mol. The van der Waals surface area contributed by atoms with E-state index in [1.807, 2.05) is 19.1 Å². The molecule has 0 N–H and O–H groups in total. The van der Waals surface area contributed by atoms with Crippen LogP contribution in [0.1, 0.15) is 18.9 Å². The van der Waals surface area contributed by atoms with E-state index in [2.05, 4.69) is 4.99 Å². The van der Waals surface area contributed by atoms with Crippen LogP contribution in [0.15, 0.2) is 34.5 Å². The Hall–Kier alpha value is -0.210. The van der Waals surface area contributed by atoms with E-state index in [0.29, 0.717) is 15.9 Å². The molecule has 1 aliphatic rings. The van der Waals surface area contributed by atoms with Gasteiger partial charge in [0, 0.05) is 17.0 Å². The number of nitrogens with zero attached hydrogens (tertiary/aromatic N) is 1. The van der Waals surface area contributed by atoms with Gasteiger partial charge >= 0.3 is 0 Å². The van der Waals surface area contributed by atoms with Gasteiger partial charge in [-0.05, 0) is 24.6 Å². The highest BCUT2D eigenvalue weighted by molar-refractivity contribution is 6.37. The summed E-state index contributed by atoms with van der Waals surface area (Å²) in [5, 5.41) is 1.27. The minimum absolute atomic E-state index is 0. The lowest BCUT2D eigenvalue weighted by atomic mass is 10.1. The molecule has 0 fully saturated rings. The minimum atomic E-state index is 0. The summed E-state index contributed by atoms with van der Waals surface area (Å²) in [6, 6.07) is 5.45. The predicted molar refractivity (Wildman–Crippen MR) is 78.3 cm³/mol. The summed E-state index contributed by atoms with van der Waals surface area (Å²) in [6.45, 7) is 2.04. The van der Waals surface area contributed by atoms with Crippen molar-refractivity contribution in [3.63, 3.8) is 0 Å². The summed E-state index contributed by atoms with van der Waals surface area (Å²) in [5.41, 5.74) is 4.05. The molecule has 0 unspecified atom stereocenters. The van der Waals surface area contributed by atoms with E-state index in [0.717, 1.165) is 23.4 Å². The van der Waals surface area contributed by atoms with Crippen molar-refractivity contribution >= 4 is 52.9 Å². The van der Waals surface area contributed by atoms with Crippen LogP contribution in [0.5, 0.6) is 0 Å². The molecule has 0 spiro atoms. The van der Waals surface area contributed by atoms with Crippen molar-refractivity contribution in [3.8, 4) is 0 Å². The molecule has 0 saturated carbocycles. The summed E-state index contributed by atoms with van der Waals surface area (Å²) in [6.07, 6.45) is 0.809. The summed E-state index contributed by atoms with van der Waals surface area (Å²) >= 11 is 17.8. The van der Waals surface area contributed by atoms with Crippen LogP contribution in [0.4, 0.5) is 0 Å².